The Balaban J connectivity index is 1.83. The molecule has 2 N–H and O–H groups in total. The highest BCUT2D eigenvalue weighted by Gasteiger charge is 2.34. The van der Waals surface area contributed by atoms with Gasteiger partial charge in [0.15, 0.2) is 11.6 Å². The molecule has 0 bridgehead atoms. The SMILES string of the molecule is CC(c1ccccc1F)c1c(F)c(F)cc2c1NC(=NCc1ncccc1F)NS2(=O)=O. The number of halogens is 4. The Morgan fingerprint density at radius 1 is 1.03 bits per heavy atom. The van der Waals surface area contributed by atoms with Gasteiger partial charge in [0.2, 0.25) is 5.96 Å². The molecular weight excluding hydrogens is 448 g/mol. The van der Waals surface area contributed by atoms with E-state index in [1.54, 1.807) is 0 Å². The van der Waals surface area contributed by atoms with E-state index in [9.17, 15) is 26.0 Å². The van der Waals surface area contributed by atoms with Crippen molar-refractivity contribution >= 4 is 21.7 Å². The number of rotatable bonds is 4. The fraction of sp³-hybridized carbons (Fsp3) is 0.143. The predicted molar refractivity (Wildman–Crippen MR) is 110 cm³/mol. The van der Waals surface area contributed by atoms with E-state index in [1.165, 1.54) is 43.5 Å². The molecule has 0 aliphatic carbocycles. The number of nitrogens with zero attached hydrogens (tertiary/aromatic N) is 2. The second-order valence-electron chi connectivity index (χ2n) is 7.03. The van der Waals surface area contributed by atoms with E-state index < -0.39 is 44.1 Å². The summed E-state index contributed by atoms with van der Waals surface area (Å²) < 4.78 is 84.9. The third kappa shape index (κ3) is 3.91. The first-order valence-electron chi connectivity index (χ1n) is 9.39. The van der Waals surface area contributed by atoms with E-state index in [0.717, 1.165) is 6.07 Å². The summed E-state index contributed by atoms with van der Waals surface area (Å²) in [7, 11) is -4.35. The standard InChI is InChI=1S/C21H16F4N4O2S/c1-11(12-5-2-3-6-13(12)22)18-19(25)15(24)9-17-20(18)28-21(29-32(17,30)31)27-10-16-14(23)7-4-8-26-16/h2-9,11H,10H2,1H3,(H2,27,28,29). The molecule has 3 aromatic rings. The number of hydrogen-bond donors (Lipinski definition) is 2. The van der Waals surface area contributed by atoms with Crippen LogP contribution in [-0.2, 0) is 16.6 Å². The molecular formula is C21H16F4N4O2S. The molecule has 1 aromatic heterocycles. The lowest BCUT2D eigenvalue weighted by molar-refractivity contribution is 0.490. The Bertz CT molecular complexity index is 1350. The van der Waals surface area contributed by atoms with Crippen molar-refractivity contribution < 1.29 is 26.0 Å². The molecule has 0 saturated heterocycles. The van der Waals surface area contributed by atoms with Gasteiger partial charge in [0, 0.05) is 17.7 Å². The van der Waals surface area contributed by atoms with Crippen LogP contribution in [0.3, 0.4) is 0 Å². The molecule has 2 aromatic carbocycles. The highest BCUT2D eigenvalue weighted by atomic mass is 32.2. The van der Waals surface area contributed by atoms with Gasteiger partial charge in [-0.15, -0.1) is 0 Å². The van der Waals surface area contributed by atoms with Gasteiger partial charge in [0.25, 0.3) is 10.0 Å². The van der Waals surface area contributed by atoms with E-state index in [-0.39, 0.29) is 35.0 Å². The van der Waals surface area contributed by atoms with E-state index >= 15 is 0 Å². The molecule has 0 fully saturated rings. The van der Waals surface area contributed by atoms with Crippen molar-refractivity contribution in [2.75, 3.05) is 5.32 Å². The number of aliphatic imine (C=N–C) groups is 1. The maximum Gasteiger partial charge on any atom is 0.266 e. The van der Waals surface area contributed by atoms with Crippen molar-refractivity contribution in [3.8, 4) is 0 Å². The molecule has 0 saturated carbocycles. The second-order valence-corrected chi connectivity index (χ2v) is 8.68. The molecule has 1 aliphatic rings. The minimum absolute atomic E-state index is 0.0444. The quantitative estimate of drug-likeness (QED) is 0.571. The van der Waals surface area contributed by atoms with Crippen LogP contribution in [0.4, 0.5) is 23.2 Å². The summed E-state index contributed by atoms with van der Waals surface area (Å²) in [4.78, 5) is 7.24. The first kappa shape index (κ1) is 21.8. The van der Waals surface area contributed by atoms with Crippen LogP contribution in [0, 0.1) is 23.3 Å². The molecule has 0 radical (unpaired) electrons. The fourth-order valence-electron chi connectivity index (χ4n) is 3.44. The number of sulfonamides is 1. The van der Waals surface area contributed by atoms with Crippen molar-refractivity contribution in [1.29, 1.82) is 0 Å². The van der Waals surface area contributed by atoms with Crippen molar-refractivity contribution in [1.82, 2.24) is 9.71 Å². The normalized spacial score (nSPS) is 16.7. The number of anilines is 1. The van der Waals surface area contributed by atoms with Crippen LogP contribution in [0.25, 0.3) is 0 Å². The lowest BCUT2D eigenvalue weighted by Crippen LogP contribution is -2.41. The first-order chi connectivity index (χ1) is 15.2. The zero-order valence-electron chi connectivity index (χ0n) is 16.5. The van der Waals surface area contributed by atoms with E-state index in [4.69, 9.17) is 0 Å². The monoisotopic (exact) mass is 464 g/mol. The van der Waals surface area contributed by atoms with Gasteiger partial charge in [-0.2, -0.15) is 0 Å². The fourth-order valence-corrected chi connectivity index (χ4v) is 4.61. The Hall–Kier alpha value is -3.47. The molecule has 1 aliphatic heterocycles. The molecule has 6 nitrogen and oxygen atoms in total. The Kier molecular flexibility index (Phi) is 5.59. The van der Waals surface area contributed by atoms with Crippen LogP contribution < -0.4 is 10.0 Å². The molecule has 0 spiro atoms. The smallest absolute Gasteiger partial charge is 0.266 e. The van der Waals surface area contributed by atoms with E-state index in [2.05, 4.69) is 20.0 Å². The second kappa shape index (κ2) is 8.23. The van der Waals surface area contributed by atoms with Crippen LogP contribution in [0.2, 0.25) is 0 Å². The van der Waals surface area contributed by atoms with Crippen LogP contribution in [0.1, 0.15) is 29.7 Å². The number of fused-ring (bicyclic) bond motifs is 1. The average Bonchev–Trinajstić information content (AvgIpc) is 2.74. The summed E-state index contributed by atoms with van der Waals surface area (Å²) >= 11 is 0. The minimum Gasteiger partial charge on any atom is -0.324 e. The van der Waals surface area contributed by atoms with Gasteiger partial charge in [-0.3, -0.25) is 4.98 Å². The number of guanidine groups is 1. The van der Waals surface area contributed by atoms with Gasteiger partial charge in [0.05, 0.1) is 17.9 Å². The predicted octanol–water partition coefficient (Wildman–Crippen LogP) is 4.05. The molecule has 0 amide bonds. The minimum atomic E-state index is -4.35. The number of benzene rings is 2. The number of hydrogen-bond acceptors (Lipinski definition) is 4. The Labute approximate surface area is 181 Å². The highest BCUT2D eigenvalue weighted by Crippen LogP contribution is 2.39. The maximum absolute atomic E-state index is 14.9. The van der Waals surface area contributed by atoms with Crippen LogP contribution >= 0.6 is 0 Å². The van der Waals surface area contributed by atoms with Gasteiger partial charge < -0.3 is 5.32 Å². The summed E-state index contributed by atoms with van der Waals surface area (Å²) in [6.45, 7) is 1.10. The zero-order valence-corrected chi connectivity index (χ0v) is 17.4. The van der Waals surface area contributed by atoms with Gasteiger partial charge in [0.1, 0.15) is 16.5 Å². The van der Waals surface area contributed by atoms with Crippen molar-refractivity contribution in [3.05, 3.63) is 88.8 Å². The number of nitrogens with one attached hydrogen (secondary N) is 2. The largest absolute Gasteiger partial charge is 0.324 e. The highest BCUT2D eigenvalue weighted by molar-refractivity contribution is 7.90. The van der Waals surface area contributed by atoms with Crippen LogP contribution in [0.5, 0.6) is 0 Å². The van der Waals surface area contributed by atoms with Crippen LogP contribution in [-0.4, -0.2) is 19.4 Å². The first-order valence-corrected chi connectivity index (χ1v) is 10.9. The summed E-state index contributed by atoms with van der Waals surface area (Å²) in [6, 6.07) is 8.61. The van der Waals surface area contributed by atoms with Gasteiger partial charge >= 0.3 is 0 Å². The third-order valence-corrected chi connectivity index (χ3v) is 6.37. The molecule has 166 valence electrons. The summed E-state index contributed by atoms with van der Waals surface area (Å²) in [5.74, 6) is -5.40. The Morgan fingerprint density at radius 3 is 2.47 bits per heavy atom. The molecule has 2 heterocycles. The van der Waals surface area contributed by atoms with Crippen molar-refractivity contribution in [3.63, 3.8) is 0 Å². The number of pyridine rings is 1. The maximum atomic E-state index is 14.9. The zero-order chi connectivity index (χ0) is 23.0. The van der Waals surface area contributed by atoms with Crippen molar-refractivity contribution in [2.45, 2.75) is 24.3 Å². The Morgan fingerprint density at radius 2 is 1.75 bits per heavy atom. The summed E-state index contributed by atoms with van der Waals surface area (Å²) in [6.07, 6.45) is 1.35. The van der Waals surface area contributed by atoms with Crippen LogP contribution in [0.15, 0.2) is 58.5 Å². The topological polar surface area (TPSA) is 83.4 Å². The molecule has 32 heavy (non-hydrogen) atoms. The number of aromatic nitrogens is 1. The van der Waals surface area contributed by atoms with Gasteiger partial charge in [-0.05, 0) is 29.8 Å². The lowest BCUT2D eigenvalue weighted by Gasteiger charge is -2.27. The summed E-state index contributed by atoms with van der Waals surface area (Å²) in [5.41, 5.74) is -0.659. The average molecular weight is 464 g/mol. The van der Waals surface area contributed by atoms with E-state index in [0.29, 0.717) is 6.07 Å². The van der Waals surface area contributed by atoms with Gasteiger partial charge in [-0.25, -0.2) is 35.7 Å². The summed E-state index contributed by atoms with van der Waals surface area (Å²) in [5, 5.41) is 2.63. The molecule has 11 heteroatoms. The third-order valence-electron chi connectivity index (χ3n) is 5.01. The van der Waals surface area contributed by atoms with E-state index in [1.807, 2.05) is 0 Å². The molecule has 4 rings (SSSR count). The lowest BCUT2D eigenvalue weighted by atomic mass is 9.90. The molecule has 1 unspecified atom stereocenters. The molecule has 1 atom stereocenters. The van der Waals surface area contributed by atoms with Gasteiger partial charge in [-0.1, -0.05) is 25.1 Å². The van der Waals surface area contributed by atoms with Crippen molar-refractivity contribution in [2.24, 2.45) is 4.99 Å².